The van der Waals surface area contributed by atoms with E-state index in [1.54, 1.807) is 0 Å². The van der Waals surface area contributed by atoms with E-state index in [4.69, 9.17) is 10.7 Å². The Morgan fingerprint density at radius 2 is 1.95 bits per heavy atom. The smallest absolute Gasteiger partial charge is 0.131 e. The van der Waals surface area contributed by atoms with Gasteiger partial charge in [-0.15, -0.1) is 0 Å². The molecule has 0 unspecified atom stereocenters. The van der Waals surface area contributed by atoms with Crippen molar-refractivity contribution in [2.24, 2.45) is 0 Å². The molecular weight excluding hydrogens is 370 g/mol. The van der Waals surface area contributed by atoms with Gasteiger partial charge in [0.15, 0.2) is 0 Å². The van der Waals surface area contributed by atoms with Gasteiger partial charge in [-0.25, -0.2) is 4.98 Å². The van der Waals surface area contributed by atoms with E-state index >= 15 is 0 Å². The molecule has 0 spiro atoms. The average molecular weight is 387 g/mol. The van der Waals surface area contributed by atoms with Gasteiger partial charge in [0.1, 0.15) is 17.3 Å². The van der Waals surface area contributed by atoms with Crippen molar-refractivity contribution in [1.82, 2.24) is 9.55 Å². The molecule has 1 aromatic carbocycles. The van der Waals surface area contributed by atoms with Gasteiger partial charge in [0.2, 0.25) is 0 Å². The summed E-state index contributed by atoms with van der Waals surface area (Å²) in [4.78, 5) is 4.71. The highest BCUT2D eigenvalue weighted by Gasteiger charge is 2.15. The fraction of sp³-hybridized carbons (Fsp3) is 0.357. The fourth-order valence-electron chi connectivity index (χ4n) is 2.14. The van der Waals surface area contributed by atoms with E-state index in [0.717, 1.165) is 51.2 Å². The summed E-state index contributed by atoms with van der Waals surface area (Å²) in [6.07, 6.45) is 2.02. The third-order valence-electron chi connectivity index (χ3n) is 3.07. The van der Waals surface area contributed by atoms with Gasteiger partial charge >= 0.3 is 0 Å². The third kappa shape index (κ3) is 2.87. The maximum atomic E-state index is 6.24. The molecule has 0 fully saturated rings. The number of nitrogens with two attached hydrogens (primary N) is 1. The zero-order valence-electron chi connectivity index (χ0n) is 11.1. The van der Waals surface area contributed by atoms with Crippen molar-refractivity contribution in [3.8, 4) is 11.3 Å². The van der Waals surface area contributed by atoms with Crippen LogP contribution < -0.4 is 5.73 Å². The van der Waals surface area contributed by atoms with Crippen molar-refractivity contribution in [1.29, 1.82) is 0 Å². The maximum Gasteiger partial charge on any atom is 0.131 e. The average Bonchev–Trinajstić information content (AvgIpc) is 2.70. The quantitative estimate of drug-likeness (QED) is 0.832. The van der Waals surface area contributed by atoms with Crippen LogP contribution in [-0.2, 0) is 13.0 Å². The minimum atomic E-state index is 0.750. The van der Waals surface area contributed by atoms with E-state index in [0.29, 0.717) is 0 Å². The molecule has 2 N–H and O–H groups in total. The summed E-state index contributed by atoms with van der Waals surface area (Å²) in [7, 11) is 0. The molecular formula is C14H17Br2N3. The third-order valence-corrected chi connectivity index (χ3v) is 4.95. The number of aromatic nitrogens is 2. The Hall–Kier alpha value is -0.810. The van der Waals surface area contributed by atoms with Gasteiger partial charge in [-0.1, -0.05) is 13.0 Å². The first-order chi connectivity index (χ1) is 9.08. The molecule has 19 heavy (non-hydrogen) atoms. The summed E-state index contributed by atoms with van der Waals surface area (Å²) in [6, 6.07) is 6.07. The summed E-state index contributed by atoms with van der Waals surface area (Å²) < 4.78 is 4.13. The van der Waals surface area contributed by atoms with Crippen molar-refractivity contribution in [2.75, 3.05) is 5.73 Å². The Morgan fingerprint density at radius 1 is 1.21 bits per heavy atom. The molecule has 0 amide bonds. The Balaban J connectivity index is 2.52. The minimum absolute atomic E-state index is 0.750. The molecule has 1 heterocycles. The van der Waals surface area contributed by atoms with Crippen molar-refractivity contribution in [3.63, 3.8) is 0 Å². The lowest BCUT2D eigenvalue weighted by Crippen LogP contribution is -2.05. The molecule has 0 saturated carbocycles. The SMILES string of the molecule is CCCc1nc(-c2ccc(Br)c(Br)c2)c(N)n1CC. The predicted octanol–water partition coefficient (Wildman–Crippen LogP) is 4.63. The predicted molar refractivity (Wildman–Crippen MR) is 87.1 cm³/mol. The maximum absolute atomic E-state index is 6.24. The molecule has 0 aliphatic heterocycles. The van der Waals surface area contributed by atoms with Gasteiger partial charge in [0.05, 0.1) is 0 Å². The second-order valence-electron chi connectivity index (χ2n) is 4.39. The number of aryl methyl sites for hydroxylation is 1. The monoisotopic (exact) mass is 385 g/mol. The topological polar surface area (TPSA) is 43.8 Å². The Bertz CT molecular complexity index is 591. The largest absolute Gasteiger partial charge is 0.383 e. The highest BCUT2D eigenvalue weighted by atomic mass is 79.9. The molecule has 1 aromatic heterocycles. The highest BCUT2D eigenvalue weighted by molar-refractivity contribution is 9.13. The summed E-state index contributed by atoms with van der Waals surface area (Å²) in [6.45, 7) is 5.10. The number of anilines is 1. The number of nitrogen functional groups attached to an aromatic ring is 1. The zero-order chi connectivity index (χ0) is 14.0. The first kappa shape index (κ1) is 14.6. The molecule has 102 valence electrons. The van der Waals surface area contributed by atoms with Gasteiger partial charge in [-0.3, -0.25) is 0 Å². The number of hydrogen-bond donors (Lipinski definition) is 1. The fourth-order valence-corrected chi connectivity index (χ4v) is 2.76. The van der Waals surface area contributed by atoms with Gasteiger partial charge < -0.3 is 10.3 Å². The first-order valence-corrected chi connectivity index (χ1v) is 7.97. The van der Waals surface area contributed by atoms with Gasteiger partial charge in [0, 0.05) is 27.5 Å². The van der Waals surface area contributed by atoms with Crippen LogP contribution >= 0.6 is 31.9 Å². The standard InChI is InChI=1S/C14H17Br2N3/c1-3-5-12-18-13(14(17)19(12)4-2)9-6-7-10(15)11(16)8-9/h6-8H,3-5,17H2,1-2H3. The number of hydrogen-bond acceptors (Lipinski definition) is 2. The summed E-state index contributed by atoms with van der Waals surface area (Å²) in [5.41, 5.74) is 8.15. The molecule has 0 aliphatic rings. The Kier molecular flexibility index (Phi) is 4.68. The molecule has 0 saturated heterocycles. The van der Waals surface area contributed by atoms with Crippen LogP contribution in [0.1, 0.15) is 26.1 Å². The second kappa shape index (κ2) is 6.09. The normalized spacial score (nSPS) is 10.9. The summed E-state index contributed by atoms with van der Waals surface area (Å²) in [5, 5.41) is 0. The highest BCUT2D eigenvalue weighted by Crippen LogP contribution is 2.32. The van der Waals surface area contributed by atoms with E-state index < -0.39 is 0 Å². The van der Waals surface area contributed by atoms with E-state index in [1.165, 1.54) is 0 Å². The van der Waals surface area contributed by atoms with E-state index in [-0.39, 0.29) is 0 Å². The number of halogens is 2. The second-order valence-corrected chi connectivity index (χ2v) is 6.09. The van der Waals surface area contributed by atoms with Crippen LogP contribution in [0.25, 0.3) is 11.3 Å². The molecule has 2 aromatic rings. The minimum Gasteiger partial charge on any atom is -0.383 e. The molecule has 0 bridgehead atoms. The lowest BCUT2D eigenvalue weighted by atomic mass is 10.1. The van der Waals surface area contributed by atoms with Gasteiger partial charge in [-0.2, -0.15) is 0 Å². The van der Waals surface area contributed by atoms with Crippen molar-refractivity contribution in [2.45, 2.75) is 33.2 Å². The van der Waals surface area contributed by atoms with Crippen molar-refractivity contribution < 1.29 is 0 Å². The number of benzene rings is 1. The van der Waals surface area contributed by atoms with Crippen molar-refractivity contribution in [3.05, 3.63) is 33.0 Å². The lowest BCUT2D eigenvalue weighted by molar-refractivity contribution is 0.690. The van der Waals surface area contributed by atoms with Crippen LogP contribution in [0.3, 0.4) is 0 Å². The summed E-state index contributed by atoms with van der Waals surface area (Å²) >= 11 is 6.99. The first-order valence-electron chi connectivity index (χ1n) is 6.38. The van der Waals surface area contributed by atoms with E-state index in [9.17, 15) is 0 Å². The van der Waals surface area contributed by atoms with Crippen LogP contribution in [0.2, 0.25) is 0 Å². The number of rotatable bonds is 4. The zero-order valence-corrected chi connectivity index (χ0v) is 14.3. The van der Waals surface area contributed by atoms with Crippen LogP contribution in [0.4, 0.5) is 5.82 Å². The Labute approximate surface area is 130 Å². The van der Waals surface area contributed by atoms with E-state index in [1.807, 2.05) is 18.2 Å². The van der Waals surface area contributed by atoms with Crippen LogP contribution in [0.5, 0.6) is 0 Å². The molecule has 0 aliphatic carbocycles. The Morgan fingerprint density at radius 3 is 2.53 bits per heavy atom. The van der Waals surface area contributed by atoms with Crippen LogP contribution in [0, 0.1) is 0 Å². The molecule has 5 heteroatoms. The number of imidazole rings is 1. The van der Waals surface area contributed by atoms with E-state index in [2.05, 4.69) is 50.3 Å². The van der Waals surface area contributed by atoms with Gasteiger partial charge in [-0.05, 0) is 57.3 Å². The molecule has 3 nitrogen and oxygen atoms in total. The lowest BCUT2D eigenvalue weighted by Gasteiger charge is -2.05. The van der Waals surface area contributed by atoms with Crippen molar-refractivity contribution >= 4 is 37.7 Å². The molecule has 0 radical (unpaired) electrons. The van der Waals surface area contributed by atoms with Crippen LogP contribution in [-0.4, -0.2) is 9.55 Å². The molecule has 2 rings (SSSR count). The summed E-state index contributed by atoms with van der Waals surface area (Å²) in [5.74, 6) is 1.82. The molecule has 0 atom stereocenters. The van der Waals surface area contributed by atoms with Crippen LogP contribution in [0.15, 0.2) is 27.1 Å². The van der Waals surface area contributed by atoms with Gasteiger partial charge in [0.25, 0.3) is 0 Å². The number of nitrogens with zero attached hydrogens (tertiary/aromatic N) is 2.